The van der Waals surface area contributed by atoms with Gasteiger partial charge in [0, 0.05) is 25.0 Å². The standard InChI is InChI=1S/C22H38N4O4/c1-9-23-19(24-12-13-25-20(27)30-21(2,3)4)26-15-22(5,6)16-10-11-17(28-7)18(14-16)29-8/h10-11,14H,9,12-13,15H2,1-8H3,(H,25,27)(H2,23,24,26). The zero-order valence-electron chi connectivity index (χ0n) is 19.6. The summed E-state index contributed by atoms with van der Waals surface area (Å²) >= 11 is 0. The van der Waals surface area contributed by atoms with Crippen LogP contribution in [0.15, 0.2) is 23.2 Å². The topological polar surface area (TPSA) is 93.2 Å². The number of carbonyl (C=O) groups excluding carboxylic acids is 1. The van der Waals surface area contributed by atoms with Gasteiger partial charge in [-0.1, -0.05) is 19.9 Å². The van der Waals surface area contributed by atoms with E-state index in [1.54, 1.807) is 14.2 Å². The number of aliphatic imine (C=N–C) groups is 1. The van der Waals surface area contributed by atoms with Gasteiger partial charge in [-0.25, -0.2) is 4.79 Å². The lowest BCUT2D eigenvalue weighted by Crippen LogP contribution is -2.43. The van der Waals surface area contributed by atoms with Crippen LogP contribution in [0.3, 0.4) is 0 Å². The van der Waals surface area contributed by atoms with Crippen molar-refractivity contribution in [3.63, 3.8) is 0 Å². The molecule has 0 aliphatic carbocycles. The summed E-state index contributed by atoms with van der Waals surface area (Å²) in [6.45, 7) is 14.0. The number of carbonyl (C=O) groups is 1. The van der Waals surface area contributed by atoms with Gasteiger partial charge in [0.1, 0.15) is 5.60 Å². The van der Waals surface area contributed by atoms with Crippen molar-refractivity contribution in [3.8, 4) is 11.5 Å². The summed E-state index contributed by atoms with van der Waals surface area (Å²) < 4.78 is 16.0. The Balaban J connectivity index is 2.69. The van der Waals surface area contributed by atoms with Crippen molar-refractivity contribution in [2.45, 2.75) is 52.6 Å². The van der Waals surface area contributed by atoms with E-state index in [-0.39, 0.29) is 5.41 Å². The van der Waals surface area contributed by atoms with Crippen LogP contribution >= 0.6 is 0 Å². The fraction of sp³-hybridized carbons (Fsp3) is 0.636. The van der Waals surface area contributed by atoms with Crippen LogP contribution in [-0.2, 0) is 10.2 Å². The van der Waals surface area contributed by atoms with E-state index in [1.165, 1.54) is 0 Å². The van der Waals surface area contributed by atoms with Gasteiger partial charge in [0.15, 0.2) is 17.5 Å². The lowest BCUT2D eigenvalue weighted by Gasteiger charge is -2.25. The van der Waals surface area contributed by atoms with Crippen LogP contribution in [0.25, 0.3) is 0 Å². The normalized spacial score (nSPS) is 12.2. The second-order valence-corrected chi connectivity index (χ2v) is 8.50. The molecule has 1 amide bonds. The molecule has 30 heavy (non-hydrogen) atoms. The Morgan fingerprint density at radius 1 is 0.967 bits per heavy atom. The molecule has 1 rings (SSSR count). The molecule has 0 atom stereocenters. The van der Waals surface area contributed by atoms with Gasteiger partial charge < -0.3 is 30.2 Å². The fourth-order valence-electron chi connectivity index (χ4n) is 2.63. The van der Waals surface area contributed by atoms with Crippen LogP contribution in [0.5, 0.6) is 11.5 Å². The second kappa shape index (κ2) is 11.5. The van der Waals surface area contributed by atoms with Crippen molar-refractivity contribution >= 4 is 12.1 Å². The van der Waals surface area contributed by atoms with Crippen LogP contribution in [0.2, 0.25) is 0 Å². The van der Waals surface area contributed by atoms with E-state index in [0.717, 1.165) is 12.1 Å². The van der Waals surface area contributed by atoms with E-state index in [4.69, 9.17) is 19.2 Å². The number of hydrogen-bond donors (Lipinski definition) is 3. The summed E-state index contributed by atoms with van der Waals surface area (Å²) in [6.07, 6.45) is -0.430. The smallest absolute Gasteiger partial charge is 0.407 e. The molecule has 0 saturated heterocycles. The van der Waals surface area contributed by atoms with Crippen molar-refractivity contribution in [1.82, 2.24) is 16.0 Å². The Hall–Kier alpha value is -2.64. The van der Waals surface area contributed by atoms with E-state index in [0.29, 0.717) is 37.1 Å². The number of nitrogens with one attached hydrogen (secondary N) is 3. The van der Waals surface area contributed by atoms with E-state index >= 15 is 0 Å². The summed E-state index contributed by atoms with van der Waals surface area (Å²) in [4.78, 5) is 16.4. The minimum atomic E-state index is -0.510. The van der Waals surface area contributed by atoms with Crippen molar-refractivity contribution in [2.24, 2.45) is 4.99 Å². The summed E-state index contributed by atoms with van der Waals surface area (Å²) in [5.41, 5.74) is 0.381. The maximum Gasteiger partial charge on any atom is 0.407 e. The molecule has 8 nitrogen and oxygen atoms in total. The number of benzene rings is 1. The van der Waals surface area contributed by atoms with Crippen LogP contribution in [0, 0.1) is 0 Å². The Labute approximate surface area is 180 Å². The summed E-state index contributed by atoms with van der Waals surface area (Å²) in [6, 6.07) is 5.92. The molecule has 0 aliphatic rings. The van der Waals surface area contributed by atoms with Gasteiger partial charge in [-0.05, 0) is 45.4 Å². The molecule has 1 aromatic rings. The SMILES string of the molecule is CCNC(=NCC(C)(C)c1ccc(OC)c(OC)c1)NCCNC(=O)OC(C)(C)C. The number of amides is 1. The molecule has 0 saturated carbocycles. The highest BCUT2D eigenvalue weighted by molar-refractivity contribution is 5.79. The molecule has 0 unspecified atom stereocenters. The van der Waals surface area contributed by atoms with Gasteiger partial charge in [0.2, 0.25) is 0 Å². The third kappa shape index (κ3) is 8.80. The van der Waals surface area contributed by atoms with Gasteiger partial charge in [-0.3, -0.25) is 4.99 Å². The van der Waals surface area contributed by atoms with Crippen molar-refractivity contribution in [3.05, 3.63) is 23.8 Å². The van der Waals surface area contributed by atoms with E-state index in [9.17, 15) is 4.79 Å². The molecular formula is C22H38N4O4. The first-order chi connectivity index (χ1) is 14.0. The average molecular weight is 423 g/mol. The molecule has 0 bridgehead atoms. The number of ether oxygens (including phenoxy) is 3. The van der Waals surface area contributed by atoms with Crippen LogP contribution in [0.1, 0.15) is 47.1 Å². The summed E-state index contributed by atoms with van der Waals surface area (Å²) in [5.74, 6) is 2.09. The maximum absolute atomic E-state index is 11.7. The lowest BCUT2D eigenvalue weighted by atomic mass is 9.84. The highest BCUT2D eigenvalue weighted by Crippen LogP contribution is 2.33. The second-order valence-electron chi connectivity index (χ2n) is 8.50. The van der Waals surface area contributed by atoms with E-state index in [2.05, 4.69) is 29.8 Å². The third-order valence-corrected chi connectivity index (χ3v) is 4.23. The molecule has 0 radical (unpaired) electrons. The van der Waals surface area contributed by atoms with Crippen molar-refractivity contribution in [2.75, 3.05) is 40.4 Å². The molecule has 3 N–H and O–H groups in total. The first-order valence-corrected chi connectivity index (χ1v) is 10.2. The fourth-order valence-corrected chi connectivity index (χ4v) is 2.63. The minimum absolute atomic E-state index is 0.212. The molecule has 0 spiro atoms. The molecule has 0 heterocycles. The largest absolute Gasteiger partial charge is 0.493 e. The zero-order valence-corrected chi connectivity index (χ0v) is 19.6. The zero-order chi connectivity index (χ0) is 22.8. The van der Waals surface area contributed by atoms with E-state index < -0.39 is 11.7 Å². The quantitative estimate of drug-likeness (QED) is 0.322. The third-order valence-electron chi connectivity index (χ3n) is 4.23. The molecule has 170 valence electrons. The van der Waals surface area contributed by atoms with Gasteiger partial charge in [-0.15, -0.1) is 0 Å². The van der Waals surface area contributed by atoms with Gasteiger partial charge in [-0.2, -0.15) is 0 Å². The highest BCUT2D eigenvalue weighted by Gasteiger charge is 2.22. The Morgan fingerprint density at radius 3 is 2.17 bits per heavy atom. The molecular weight excluding hydrogens is 384 g/mol. The van der Waals surface area contributed by atoms with Crippen LogP contribution < -0.4 is 25.4 Å². The van der Waals surface area contributed by atoms with Crippen LogP contribution in [-0.4, -0.2) is 58.1 Å². The van der Waals surface area contributed by atoms with Crippen LogP contribution in [0.4, 0.5) is 4.79 Å². The first kappa shape index (κ1) is 25.4. The summed E-state index contributed by atoms with van der Waals surface area (Å²) in [7, 11) is 3.25. The maximum atomic E-state index is 11.7. The molecule has 0 aromatic heterocycles. The predicted molar refractivity (Wildman–Crippen MR) is 121 cm³/mol. The average Bonchev–Trinajstić information content (AvgIpc) is 2.67. The monoisotopic (exact) mass is 422 g/mol. The number of nitrogens with zero attached hydrogens (tertiary/aromatic N) is 1. The highest BCUT2D eigenvalue weighted by atomic mass is 16.6. The summed E-state index contributed by atoms with van der Waals surface area (Å²) in [5, 5.41) is 9.18. The Morgan fingerprint density at radius 2 is 1.60 bits per heavy atom. The predicted octanol–water partition coefficient (Wildman–Crippen LogP) is 3.06. The Kier molecular flexibility index (Phi) is 9.75. The van der Waals surface area contributed by atoms with Gasteiger partial charge >= 0.3 is 6.09 Å². The molecule has 1 aromatic carbocycles. The number of guanidine groups is 1. The molecule has 0 aliphatic heterocycles. The number of methoxy groups -OCH3 is 2. The van der Waals surface area contributed by atoms with E-state index in [1.807, 2.05) is 45.9 Å². The molecule has 8 heteroatoms. The number of rotatable bonds is 9. The van der Waals surface area contributed by atoms with Crippen molar-refractivity contribution in [1.29, 1.82) is 0 Å². The van der Waals surface area contributed by atoms with Crippen molar-refractivity contribution < 1.29 is 19.0 Å². The first-order valence-electron chi connectivity index (χ1n) is 10.2. The number of hydrogen-bond acceptors (Lipinski definition) is 5. The minimum Gasteiger partial charge on any atom is -0.493 e. The number of alkyl carbamates (subject to hydrolysis) is 1. The molecule has 0 fully saturated rings. The van der Waals surface area contributed by atoms with Gasteiger partial charge in [0.05, 0.1) is 20.8 Å². The van der Waals surface area contributed by atoms with Gasteiger partial charge in [0.25, 0.3) is 0 Å². The lowest BCUT2D eigenvalue weighted by molar-refractivity contribution is 0.0529. The Bertz CT molecular complexity index is 712.